The zero-order valence-electron chi connectivity index (χ0n) is 19.7. The van der Waals surface area contributed by atoms with Crippen LogP contribution in [0.15, 0.2) is 115 Å². The molecule has 6 aromatic carbocycles. The van der Waals surface area contributed by atoms with Crippen LogP contribution in [0.5, 0.6) is 5.75 Å². The van der Waals surface area contributed by atoms with Crippen LogP contribution in [0.1, 0.15) is 0 Å². The maximum atomic E-state index is 12.9. The van der Waals surface area contributed by atoms with Crippen molar-refractivity contribution in [2.75, 3.05) is 0 Å². The lowest BCUT2D eigenvalue weighted by Gasteiger charge is -2.18. The summed E-state index contributed by atoms with van der Waals surface area (Å²) in [4.78, 5) is 0. The van der Waals surface area contributed by atoms with Crippen molar-refractivity contribution < 1.29 is 25.8 Å². The summed E-state index contributed by atoms with van der Waals surface area (Å²) in [6, 6.07) is 36.1. The van der Waals surface area contributed by atoms with Gasteiger partial charge in [-0.3, -0.25) is 0 Å². The van der Waals surface area contributed by atoms with Gasteiger partial charge in [-0.1, -0.05) is 97.1 Å². The zero-order chi connectivity index (χ0) is 26.5. The lowest BCUT2D eigenvalue weighted by atomic mass is 9.85. The summed E-state index contributed by atoms with van der Waals surface area (Å²) in [6.07, 6.45) is 0. The minimum Gasteiger partial charge on any atom is -0.376 e. The van der Waals surface area contributed by atoms with Crippen LogP contribution in [0, 0.1) is 0 Å². The van der Waals surface area contributed by atoms with Gasteiger partial charge >= 0.3 is 15.6 Å². The van der Waals surface area contributed by atoms with Gasteiger partial charge in [-0.15, -0.1) is 0 Å². The first-order chi connectivity index (χ1) is 18.2. The molecule has 6 rings (SSSR count). The van der Waals surface area contributed by atoms with Crippen molar-refractivity contribution in [3.05, 3.63) is 115 Å². The molecular formula is C31H19F3O3S. The quantitative estimate of drug-likeness (QED) is 0.131. The van der Waals surface area contributed by atoms with Crippen LogP contribution in [-0.4, -0.2) is 13.9 Å². The third-order valence-electron chi connectivity index (χ3n) is 6.58. The Kier molecular flexibility index (Phi) is 5.61. The molecule has 7 heteroatoms. The number of hydrogen-bond donors (Lipinski definition) is 0. The summed E-state index contributed by atoms with van der Waals surface area (Å²) < 4.78 is 66.0. The van der Waals surface area contributed by atoms with E-state index in [0.717, 1.165) is 49.2 Å². The number of rotatable bonds is 4. The van der Waals surface area contributed by atoms with Crippen LogP contribution < -0.4 is 4.18 Å². The average Bonchev–Trinajstić information content (AvgIpc) is 2.91. The van der Waals surface area contributed by atoms with E-state index < -0.39 is 21.4 Å². The van der Waals surface area contributed by atoms with Crippen molar-refractivity contribution >= 4 is 42.4 Å². The second-order valence-electron chi connectivity index (χ2n) is 8.91. The molecule has 0 aliphatic carbocycles. The Morgan fingerprint density at radius 2 is 1.03 bits per heavy atom. The van der Waals surface area contributed by atoms with Gasteiger partial charge in [-0.25, -0.2) is 0 Å². The normalized spacial score (nSPS) is 12.3. The fourth-order valence-electron chi connectivity index (χ4n) is 4.96. The fraction of sp³-hybridized carbons (Fsp3) is 0.0323. The standard InChI is InChI=1S/C31H19F3O3S/c32-31(33,34)38(35,36)37-24-17-16-20-14-15-22(18-23(20)19-24)30-27-12-6-4-10-25(27)29(21-8-2-1-3-9-21)26-11-5-7-13-28(26)30/h1-19H. The molecule has 0 heterocycles. The molecule has 0 saturated carbocycles. The topological polar surface area (TPSA) is 43.4 Å². The summed E-state index contributed by atoms with van der Waals surface area (Å²) >= 11 is 0. The second-order valence-corrected chi connectivity index (χ2v) is 10.5. The van der Waals surface area contributed by atoms with Gasteiger partial charge in [0, 0.05) is 0 Å². The van der Waals surface area contributed by atoms with Gasteiger partial charge in [0.2, 0.25) is 0 Å². The summed E-state index contributed by atoms with van der Waals surface area (Å²) in [5.41, 5.74) is -1.47. The Morgan fingerprint density at radius 3 is 1.58 bits per heavy atom. The molecule has 6 aromatic rings. The first-order valence-electron chi connectivity index (χ1n) is 11.8. The van der Waals surface area contributed by atoms with E-state index in [4.69, 9.17) is 0 Å². The molecule has 38 heavy (non-hydrogen) atoms. The SMILES string of the molecule is O=S(=O)(Oc1ccc2ccc(-c3c4ccccc4c(-c4ccccc4)c4ccccc34)cc2c1)C(F)(F)F. The van der Waals surface area contributed by atoms with Crippen LogP contribution in [-0.2, 0) is 10.1 Å². The van der Waals surface area contributed by atoms with Crippen molar-refractivity contribution in [2.24, 2.45) is 0 Å². The Morgan fingerprint density at radius 1 is 0.526 bits per heavy atom. The van der Waals surface area contributed by atoms with Crippen molar-refractivity contribution in [3.8, 4) is 28.0 Å². The maximum absolute atomic E-state index is 12.9. The second kappa shape index (κ2) is 8.89. The largest absolute Gasteiger partial charge is 0.534 e. The van der Waals surface area contributed by atoms with Gasteiger partial charge in [0.25, 0.3) is 0 Å². The predicted octanol–water partition coefficient (Wildman–Crippen LogP) is 8.71. The number of benzene rings is 6. The monoisotopic (exact) mass is 528 g/mol. The molecule has 0 atom stereocenters. The van der Waals surface area contributed by atoms with Crippen LogP contribution in [0.3, 0.4) is 0 Å². The molecule has 188 valence electrons. The highest BCUT2D eigenvalue weighted by Crippen LogP contribution is 2.44. The van der Waals surface area contributed by atoms with Gasteiger partial charge in [-0.2, -0.15) is 21.6 Å². The van der Waals surface area contributed by atoms with Crippen LogP contribution >= 0.6 is 0 Å². The third-order valence-corrected chi connectivity index (χ3v) is 7.56. The summed E-state index contributed by atoms with van der Waals surface area (Å²) in [7, 11) is -5.77. The Hall–Kier alpha value is -4.36. The molecule has 0 N–H and O–H groups in total. The molecule has 0 bridgehead atoms. The molecule has 0 fully saturated rings. The van der Waals surface area contributed by atoms with Crippen molar-refractivity contribution in [2.45, 2.75) is 5.51 Å². The highest BCUT2D eigenvalue weighted by molar-refractivity contribution is 7.88. The lowest BCUT2D eigenvalue weighted by molar-refractivity contribution is -0.0500. The highest BCUT2D eigenvalue weighted by atomic mass is 32.2. The Bertz CT molecular complexity index is 1890. The molecule has 0 amide bonds. The highest BCUT2D eigenvalue weighted by Gasteiger charge is 2.48. The van der Waals surface area contributed by atoms with E-state index in [2.05, 4.69) is 40.6 Å². The predicted molar refractivity (Wildman–Crippen MR) is 145 cm³/mol. The van der Waals surface area contributed by atoms with Gasteiger partial charge < -0.3 is 4.18 Å². The minimum atomic E-state index is -5.77. The molecular weight excluding hydrogens is 509 g/mol. The molecule has 0 aliphatic rings. The van der Waals surface area contributed by atoms with E-state index in [1.807, 2.05) is 60.7 Å². The van der Waals surface area contributed by atoms with E-state index in [-0.39, 0.29) is 0 Å². The van der Waals surface area contributed by atoms with Crippen molar-refractivity contribution in [3.63, 3.8) is 0 Å². The van der Waals surface area contributed by atoms with Gasteiger partial charge in [0.05, 0.1) is 0 Å². The Balaban J connectivity index is 1.60. The van der Waals surface area contributed by atoms with E-state index in [1.54, 1.807) is 0 Å². The molecule has 0 radical (unpaired) electrons. The molecule has 0 spiro atoms. The number of fused-ring (bicyclic) bond motifs is 3. The first-order valence-corrected chi connectivity index (χ1v) is 13.2. The molecule has 0 aliphatic heterocycles. The zero-order valence-corrected chi connectivity index (χ0v) is 20.6. The summed E-state index contributed by atoms with van der Waals surface area (Å²) in [6.45, 7) is 0. The van der Waals surface area contributed by atoms with Crippen molar-refractivity contribution in [1.29, 1.82) is 0 Å². The van der Waals surface area contributed by atoms with Crippen LogP contribution in [0.2, 0.25) is 0 Å². The van der Waals surface area contributed by atoms with Gasteiger partial charge in [0.15, 0.2) is 0 Å². The summed E-state index contributed by atoms with van der Waals surface area (Å²) in [5, 5.41) is 5.48. The van der Waals surface area contributed by atoms with E-state index in [9.17, 15) is 21.6 Å². The average molecular weight is 529 g/mol. The fourth-order valence-corrected chi connectivity index (χ4v) is 5.41. The van der Waals surface area contributed by atoms with Gasteiger partial charge in [0.1, 0.15) is 5.75 Å². The molecule has 0 unspecified atom stereocenters. The minimum absolute atomic E-state index is 0.402. The molecule has 0 saturated heterocycles. The smallest absolute Gasteiger partial charge is 0.376 e. The maximum Gasteiger partial charge on any atom is 0.534 e. The number of alkyl halides is 3. The van der Waals surface area contributed by atoms with Crippen LogP contribution in [0.25, 0.3) is 54.6 Å². The van der Waals surface area contributed by atoms with E-state index in [1.165, 1.54) is 18.2 Å². The first kappa shape index (κ1) is 24.0. The number of hydrogen-bond acceptors (Lipinski definition) is 3. The lowest BCUT2D eigenvalue weighted by Crippen LogP contribution is -2.28. The Labute approximate surface area is 216 Å². The van der Waals surface area contributed by atoms with Gasteiger partial charge in [-0.05, 0) is 72.8 Å². The van der Waals surface area contributed by atoms with E-state index >= 15 is 0 Å². The molecule has 0 aromatic heterocycles. The van der Waals surface area contributed by atoms with Crippen LogP contribution in [0.4, 0.5) is 13.2 Å². The molecule has 3 nitrogen and oxygen atoms in total. The van der Waals surface area contributed by atoms with E-state index in [0.29, 0.717) is 5.39 Å². The van der Waals surface area contributed by atoms with Crippen molar-refractivity contribution in [1.82, 2.24) is 0 Å². The number of halogens is 3. The summed E-state index contributed by atoms with van der Waals surface area (Å²) in [5.74, 6) is -0.402. The third kappa shape index (κ3) is 4.05.